The van der Waals surface area contributed by atoms with Crippen LogP contribution in [-0.2, 0) is 0 Å². The van der Waals surface area contributed by atoms with Crippen LogP contribution < -0.4 is 15.0 Å². The maximum atomic E-state index is 6.20. The fraction of sp³-hybridized carbons (Fsp3) is 0.455. The van der Waals surface area contributed by atoms with Gasteiger partial charge in [-0.05, 0) is 37.3 Å². The van der Waals surface area contributed by atoms with Gasteiger partial charge in [-0.1, -0.05) is 13.8 Å². The van der Waals surface area contributed by atoms with E-state index in [4.69, 9.17) is 14.1 Å². The van der Waals surface area contributed by atoms with Crippen LogP contribution in [0.5, 0.6) is 5.75 Å². The van der Waals surface area contributed by atoms with Crippen molar-refractivity contribution >= 4 is 16.8 Å². The molecule has 0 saturated heterocycles. The van der Waals surface area contributed by atoms with Gasteiger partial charge in [-0.15, -0.1) is 0 Å². The molecular formula is C22H27N3O2. The van der Waals surface area contributed by atoms with Gasteiger partial charge in [0.1, 0.15) is 23.6 Å². The molecule has 2 heterocycles. The first-order valence-corrected chi connectivity index (χ1v) is 9.75. The minimum absolute atomic E-state index is 0.714. The van der Waals surface area contributed by atoms with Gasteiger partial charge in [-0.2, -0.15) is 0 Å². The molecule has 0 radical (unpaired) electrons. The molecule has 5 heteroatoms. The highest BCUT2D eigenvalue weighted by atomic mass is 16.5. The monoisotopic (exact) mass is 365 g/mol. The van der Waals surface area contributed by atoms with E-state index >= 15 is 0 Å². The van der Waals surface area contributed by atoms with Crippen molar-refractivity contribution in [2.75, 3.05) is 31.6 Å². The van der Waals surface area contributed by atoms with Crippen LogP contribution in [0.1, 0.15) is 32.3 Å². The average Bonchev–Trinajstić information content (AvgIpc) is 2.64. The molecule has 0 amide bonds. The lowest BCUT2D eigenvalue weighted by Crippen LogP contribution is -2.33. The highest BCUT2D eigenvalue weighted by Crippen LogP contribution is 2.37. The lowest BCUT2D eigenvalue weighted by atomic mass is 10.1. The number of nitrogens with zero attached hydrogens (tertiary/aromatic N) is 3. The van der Waals surface area contributed by atoms with E-state index in [9.17, 15) is 0 Å². The first-order valence-electron chi connectivity index (χ1n) is 9.75. The first kappa shape index (κ1) is 17.8. The molecule has 27 heavy (non-hydrogen) atoms. The fourth-order valence-corrected chi connectivity index (χ4v) is 3.70. The predicted molar refractivity (Wildman–Crippen MR) is 109 cm³/mol. The molecule has 4 rings (SSSR count). The van der Waals surface area contributed by atoms with Gasteiger partial charge in [-0.25, -0.2) is 4.98 Å². The maximum absolute atomic E-state index is 6.20. The van der Waals surface area contributed by atoms with Gasteiger partial charge >= 0.3 is 0 Å². The van der Waals surface area contributed by atoms with E-state index in [1.54, 1.807) is 7.05 Å². The lowest BCUT2D eigenvalue weighted by Gasteiger charge is -2.31. The van der Waals surface area contributed by atoms with Gasteiger partial charge in [0.2, 0.25) is 0 Å². The number of aromatic nitrogens is 1. The van der Waals surface area contributed by atoms with Crippen molar-refractivity contribution in [1.82, 2.24) is 4.98 Å². The second-order valence-corrected chi connectivity index (χ2v) is 7.70. The standard InChI is InChI=1S/C22H27N3O2/c1-14(2)6-5-7-25-8-9-26-22-12-18-21(13-19(22)25)27-20-11-16(23-4)15(3)10-17(20)24-18/h10-14H,5-9H2,1-4H3/b23-16-. The van der Waals surface area contributed by atoms with Gasteiger partial charge in [-0.3, -0.25) is 4.99 Å². The third-order valence-corrected chi connectivity index (χ3v) is 5.19. The largest absolute Gasteiger partial charge is 0.489 e. The first-order chi connectivity index (χ1) is 13.0. The lowest BCUT2D eigenvalue weighted by molar-refractivity contribution is 0.306. The summed E-state index contributed by atoms with van der Waals surface area (Å²) in [4.78, 5) is 11.5. The molecule has 1 aromatic rings. The number of ether oxygens (including phenoxy) is 1. The van der Waals surface area contributed by atoms with Crippen molar-refractivity contribution in [2.24, 2.45) is 10.9 Å². The molecule has 1 aromatic carbocycles. The summed E-state index contributed by atoms with van der Waals surface area (Å²) in [5.74, 6) is 2.39. The van der Waals surface area contributed by atoms with Gasteiger partial charge in [0, 0.05) is 31.8 Å². The van der Waals surface area contributed by atoms with E-state index in [0.717, 1.165) is 63.9 Å². The Labute approximate surface area is 160 Å². The summed E-state index contributed by atoms with van der Waals surface area (Å²) in [5, 5.41) is 0.934. The average molecular weight is 365 g/mol. The van der Waals surface area contributed by atoms with E-state index in [0.29, 0.717) is 6.61 Å². The zero-order valence-electron chi connectivity index (χ0n) is 16.6. The van der Waals surface area contributed by atoms with Crippen LogP contribution in [0.2, 0.25) is 0 Å². The molecule has 0 atom stereocenters. The van der Waals surface area contributed by atoms with E-state index in [1.807, 2.05) is 25.1 Å². The molecule has 5 nitrogen and oxygen atoms in total. The minimum atomic E-state index is 0.714. The van der Waals surface area contributed by atoms with Gasteiger partial charge < -0.3 is 14.1 Å². The molecule has 0 saturated carbocycles. The Balaban J connectivity index is 1.77. The Kier molecular flexibility index (Phi) is 4.77. The Hall–Kier alpha value is -2.56. The van der Waals surface area contributed by atoms with Gasteiger partial charge in [0.15, 0.2) is 11.3 Å². The number of rotatable bonds is 4. The molecule has 0 N–H and O–H groups in total. The second-order valence-electron chi connectivity index (χ2n) is 7.70. The number of aryl methyl sites for hydroxylation is 1. The highest BCUT2D eigenvalue weighted by molar-refractivity contribution is 5.84. The van der Waals surface area contributed by atoms with Crippen molar-refractivity contribution in [3.05, 3.63) is 35.2 Å². The van der Waals surface area contributed by atoms with Crippen molar-refractivity contribution in [2.45, 2.75) is 33.6 Å². The van der Waals surface area contributed by atoms with Crippen LogP contribution in [0.3, 0.4) is 0 Å². The Morgan fingerprint density at radius 3 is 2.85 bits per heavy atom. The third-order valence-electron chi connectivity index (χ3n) is 5.19. The number of hydrogen-bond donors (Lipinski definition) is 0. The van der Waals surface area contributed by atoms with E-state index in [2.05, 4.69) is 29.8 Å². The molecule has 2 aliphatic heterocycles. The molecule has 0 fully saturated rings. The summed E-state index contributed by atoms with van der Waals surface area (Å²) in [7, 11) is 1.80. The number of fused-ring (bicyclic) bond motifs is 3. The van der Waals surface area contributed by atoms with Crippen LogP contribution in [-0.4, -0.2) is 31.7 Å². The summed E-state index contributed by atoms with van der Waals surface area (Å²) >= 11 is 0. The molecule has 0 bridgehead atoms. The fourth-order valence-electron chi connectivity index (χ4n) is 3.70. The molecule has 142 valence electrons. The number of hydrogen-bond acceptors (Lipinski definition) is 5. The van der Waals surface area contributed by atoms with E-state index < -0.39 is 0 Å². The van der Waals surface area contributed by atoms with Gasteiger partial charge in [0.05, 0.1) is 17.6 Å². The third kappa shape index (κ3) is 3.51. The van der Waals surface area contributed by atoms with Crippen molar-refractivity contribution in [3.8, 4) is 17.2 Å². The topological polar surface area (TPSA) is 50.9 Å². The SMILES string of the molecule is C/N=c1/cc2oc3cc4c(cc3nc-2cc1C)OCCN4CCCC(C)C. The predicted octanol–water partition coefficient (Wildman–Crippen LogP) is 4.41. The number of anilines is 1. The smallest absolute Gasteiger partial charge is 0.155 e. The molecular weight excluding hydrogens is 338 g/mol. The van der Waals surface area contributed by atoms with Crippen molar-refractivity contribution in [3.63, 3.8) is 0 Å². The highest BCUT2D eigenvalue weighted by Gasteiger charge is 2.21. The van der Waals surface area contributed by atoms with Gasteiger partial charge in [0.25, 0.3) is 0 Å². The summed E-state index contributed by atoms with van der Waals surface area (Å²) < 4.78 is 12.1. The van der Waals surface area contributed by atoms with E-state index in [1.165, 1.54) is 12.8 Å². The molecule has 1 aliphatic carbocycles. The summed E-state index contributed by atoms with van der Waals surface area (Å²) in [6, 6.07) is 8.08. The van der Waals surface area contributed by atoms with Crippen molar-refractivity contribution in [1.29, 1.82) is 0 Å². The molecule has 0 unspecified atom stereocenters. The summed E-state index contributed by atoms with van der Waals surface area (Å²) in [5.41, 5.74) is 4.65. The minimum Gasteiger partial charge on any atom is -0.489 e. The zero-order chi connectivity index (χ0) is 19.0. The zero-order valence-corrected chi connectivity index (χ0v) is 16.6. The number of benzene rings is 2. The quantitative estimate of drug-likeness (QED) is 0.643. The Bertz CT molecular complexity index is 1010. The maximum Gasteiger partial charge on any atom is 0.155 e. The molecule has 0 spiro atoms. The second kappa shape index (κ2) is 7.22. The van der Waals surface area contributed by atoms with Crippen LogP contribution in [0.25, 0.3) is 22.6 Å². The van der Waals surface area contributed by atoms with Crippen LogP contribution in [0, 0.1) is 12.8 Å². The van der Waals surface area contributed by atoms with Crippen LogP contribution in [0.15, 0.2) is 33.7 Å². The summed E-state index contributed by atoms with van der Waals surface area (Å²) in [6.07, 6.45) is 2.42. The normalized spacial score (nSPS) is 14.9. The van der Waals surface area contributed by atoms with E-state index in [-0.39, 0.29) is 0 Å². The van der Waals surface area contributed by atoms with Crippen LogP contribution >= 0.6 is 0 Å². The van der Waals surface area contributed by atoms with Crippen LogP contribution in [0.4, 0.5) is 5.69 Å². The Morgan fingerprint density at radius 1 is 1.22 bits per heavy atom. The Morgan fingerprint density at radius 2 is 2.07 bits per heavy atom. The summed E-state index contributed by atoms with van der Waals surface area (Å²) in [6.45, 7) is 9.25. The molecule has 0 aromatic heterocycles. The molecule has 3 aliphatic rings. The van der Waals surface area contributed by atoms with Crippen molar-refractivity contribution < 1.29 is 9.15 Å².